The van der Waals surface area contributed by atoms with Gasteiger partial charge in [-0.2, -0.15) is 4.98 Å². The average Bonchev–Trinajstić information content (AvgIpc) is 2.93. The Morgan fingerprint density at radius 1 is 1.25 bits per heavy atom. The summed E-state index contributed by atoms with van der Waals surface area (Å²) in [5.41, 5.74) is 2.02. The van der Waals surface area contributed by atoms with Crippen molar-refractivity contribution in [1.29, 1.82) is 0 Å². The molecule has 0 bridgehead atoms. The molecule has 7 heteroatoms. The van der Waals surface area contributed by atoms with Crippen LogP contribution in [-0.2, 0) is 0 Å². The van der Waals surface area contributed by atoms with Gasteiger partial charge in [-0.05, 0) is 30.3 Å². The molecule has 0 aliphatic heterocycles. The number of anilines is 1. The third kappa shape index (κ3) is 2.15. The summed E-state index contributed by atoms with van der Waals surface area (Å²) in [6.45, 7) is 0. The van der Waals surface area contributed by atoms with Gasteiger partial charge in [0.25, 0.3) is 0 Å². The molecule has 0 aliphatic carbocycles. The van der Waals surface area contributed by atoms with Crippen LogP contribution >= 0.6 is 11.6 Å². The summed E-state index contributed by atoms with van der Waals surface area (Å²) in [5, 5.41) is 1.32. The van der Waals surface area contributed by atoms with E-state index < -0.39 is 5.69 Å². The minimum Gasteiger partial charge on any atom is -0.450 e. The van der Waals surface area contributed by atoms with Crippen molar-refractivity contribution in [2.45, 2.75) is 0 Å². The number of nitrogens with zero attached hydrogens (tertiary/aromatic N) is 4. The number of hydrogen-bond acceptors (Lipinski definition) is 5. The van der Waals surface area contributed by atoms with E-state index in [0.29, 0.717) is 33.2 Å². The van der Waals surface area contributed by atoms with Gasteiger partial charge < -0.3 is 9.32 Å². The zero-order chi connectivity index (χ0) is 16.8. The predicted molar refractivity (Wildman–Crippen MR) is 94.2 cm³/mol. The highest BCUT2D eigenvalue weighted by atomic mass is 35.5. The molecule has 4 aromatic rings. The first kappa shape index (κ1) is 14.7. The molecule has 0 fully saturated rings. The average molecular weight is 341 g/mol. The lowest BCUT2D eigenvalue weighted by Crippen LogP contribution is -2.25. The summed E-state index contributed by atoms with van der Waals surface area (Å²) in [6, 6.07) is 8.89. The van der Waals surface area contributed by atoms with Gasteiger partial charge >= 0.3 is 5.69 Å². The maximum absolute atomic E-state index is 12.7. The predicted octanol–water partition coefficient (Wildman–Crippen LogP) is 3.25. The van der Waals surface area contributed by atoms with Gasteiger partial charge in [0.15, 0.2) is 11.4 Å². The van der Waals surface area contributed by atoms with E-state index in [1.165, 1.54) is 4.57 Å². The molecule has 4 rings (SSSR count). The molecule has 120 valence electrons. The van der Waals surface area contributed by atoms with E-state index in [1.54, 1.807) is 47.6 Å². The Balaban J connectivity index is 2.26. The molecular formula is C17H13ClN4O2. The fourth-order valence-electron chi connectivity index (χ4n) is 2.75. The van der Waals surface area contributed by atoms with Crippen LogP contribution in [0.2, 0.25) is 5.02 Å². The second-order valence-electron chi connectivity index (χ2n) is 5.58. The zero-order valence-electron chi connectivity index (χ0n) is 13.0. The molecule has 6 nitrogen and oxygen atoms in total. The van der Waals surface area contributed by atoms with Gasteiger partial charge in [0, 0.05) is 30.7 Å². The van der Waals surface area contributed by atoms with Gasteiger partial charge in [0.1, 0.15) is 11.1 Å². The summed E-state index contributed by atoms with van der Waals surface area (Å²) < 4.78 is 7.47. The summed E-state index contributed by atoms with van der Waals surface area (Å²) in [5.74, 6) is 0.475. The largest absolute Gasteiger partial charge is 0.450 e. The van der Waals surface area contributed by atoms with Crippen molar-refractivity contribution < 1.29 is 4.42 Å². The SMILES string of the molecule is CN(C)c1nc(=O)n(-c2cccnc2)c2c1oc1ccc(Cl)cc12. The van der Waals surface area contributed by atoms with Gasteiger partial charge in [-0.25, -0.2) is 4.79 Å². The van der Waals surface area contributed by atoms with Crippen LogP contribution in [0.5, 0.6) is 0 Å². The van der Waals surface area contributed by atoms with Gasteiger partial charge in [-0.15, -0.1) is 0 Å². The number of rotatable bonds is 2. The first-order chi connectivity index (χ1) is 11.6. The van der Waals surface area contributed by atoms with Crippen LogP contribution < -0.4 is 10.6 Å². The fourth-order valence-corrected chi connectivity index (χ4v) is 2.92. The highest BCUT2D eigenvalue weighted by molar-refractivity contribution is 6.31. The van der Waals surface area contributed by atoms with Crippen LogP contribution in [0.4, 0.5) is 5.82 Å². The number of fused-ring (bicyclic) bond motifs is 3. The maximum Gasteiger partial charge on any atom is 0.354 e. The fraction of sp³-hybridized carbons (Fsp3) is 0.118. The zero-order valence-corrected chi connectivity index (χ0v) is 13.8. The van der Waals surface area contributed by atoms with E-state index in [-0.39, 0.29) is 0 Å². The van der Waals surface area contributed by atoms with Gasteiger partial charge in [0.2, 0.25) is 0 Å². The number of benzene rings is 1. The summed E-state index contributed by atoms with van der Waals surface area (Å²) in [7, 11) is 3.63. The Morgan fingerprint density at radius 3 is 2.79 bits per heavy atom. The van der Waals surface area contributed by atoms with Crippen molar-refractivity contribution in [3.8, 4) is 5.69 Å². The van der Waals surface area contributed by atoms with E-state index in [9.17, 15) is 4.79 Å². The first-order valence-corrected chi connectivity index (χ1v) is 7.66. The Labute approximate surface area is 141 Å². The van der Waals surface area contributed by atoms with Crippen LogP contribution in [0.25, 0.3) is 27.8 Å². The first-order valence-electron chi connectivity index (χ1n) is 7.29. The molecule has 0 amide bonds. The second kappa shape index (κ2) is 5.35. The van der Waals surface area contributed by atoms with Crippen molar-refractivity contribution in [1.82, 2.24) is 14.5 Å². The molecule has 0 spiro atoms. The van der Waals surface area contributed by atoms with E-state index in [1.807, 2.05) is 14.1 Å². The van der Waals surface area contributed by atoms with Crippen molar-refractivity contribution in [3.63, 3.8) is 0 Å². The minimum atomic E-state index is -0.401. The Kier molecular flexibility index (Phi) is 3.28. The van der Waals surface area contributed by atoms with E-state index >= 15 is 0 Å². The molecular weight excluding hydrogens is 328 g/mol. The highest BCUT2D eigenvalue weighted by Gasteiger charge is 2.20. The van der Waals surface area contributed by atoms with Crippen LogP contribution in [0.3, 0.4) is 0 Å². The second-order valence-corrected chi connectivity index (χ2v) is 6.02. The Bertz CT molecular complexity index is 1120. The number of aromatic nitrogens is 3. The van der Waals surface area contributed by atoms with Crippen LogP contribution in [-0.4, -0.2) is 28.6 Å². The summed E-state index contributed by atoms with van der Waals surface area (Å²) >= 11 is 6.15. The molecule has 1 aromatic carbocycles. The van der Waals surface area contributed by atoms with Gasteiger partial charge in [-0.3, -0.25) is 9.55 Å². The number of halogens is 1. The summed E-state index contributed by atoms with van der Waals surface area (Å²) in [4.78, 5) is 22.7. The van der Waals surface area contributed by atoms with Crippen molar-refractivity contribution in [2.24, 2.45) is 0 Å². The molecule has 3 aromatic heterocycles. The monoisotopic (exact) mass is 340 g/mol. The Hall–Kier alpha value is -2.86. The summed E-state index contributed by atoms with van der Waals surface area (Å²) in [6.07, 6.45) is 3.26. The standard InChI is InChI=1S/C17H13ClN4O2/c1-21(2)16-15-14(12-8-10(18)5-6-13(12)24-15)22(17(23)20-16)11-4-3-7-19-9-11/h3-9H,1-2H3. The third-order valence-corrected chi connectivity index (χ3v) is 4.01. The van der Waals surface area contributed by atoms with Crippen LogP contribution in [0.1, 0.15) is 0 Å². The lowest BCUT2D eigenvalue weighted by molar-refractivity contribution is 0.662. The topological polar surface area (TPSA) is 64.2 Å². The third-order valence-electron chi connectivity index (χ3n) is 3.77. The molecule has 0 unspecified atom stereocenters. The Morgan fingerprint density at radius 2 is 2.08 bits per heavy atom. The van der Waals surface area contributed by atoms with E-state index in [0.717, 1.165) is 5.39 Å². The molecule has 0 atom stereocenters. The van der Waals surface area contributed by atoms with Crippen molar-refractivity contribution in [2.75, 3.05) is 19.0 Å². The van der Waals surface area contributed by atoms with Crippen molar-refractivity contribution >= 4 is 39.5 Å². The molecule has 0 aliphatic rings. The highest BCUT2D eigenvalue weighted by Crippen LogP contribution is 2.34. The molecule has 3 heterocycles. The lowest BCUT2D eigenvalue weighted by atomic mass is 10.2. The van der Waals surface area contributed by atoms with Crippen molar-refractivity contribution in [3.05, 3.63) is 58.2 Å². The van der Waals surface area contributed by atoms with E-state index in [2.05, 4.69) is 9.97 Å². The van der Waals surface area contributed by atoms with Gasteiger partial charge in [-0.1, -0.05) is 11.6 Å². The van der Waals surface area contributed by atoms with Crippen LogP contribution in [0, 0.1) is 0 Å². The molecule has 24 heavy (non-hydrogen) atoms. The molecule has 0 N–H and O–H groups in total. The molecule has 0 saturated carbocycles. The maximum atomic E-state index is 12.7. The number of furan rings is 1. The number of pyridine rings is 1. The minimum absolute atomic E-state index is 0.401. The van der Waals surface area contributed by atoms with E-state index in [4.69, 9.17) is 16.0 Å². The quantitative estimate of drug-likeness (QED) is 0.560. The normalized spacial score (nSPS) is 11.3. The molecule has 0 saturated heterocycles. The van der Waals surface area contributed by atoms with Gasteiger partial charge in [0.05, 0.1) is 11.9 Å². The smallest absolute Gasteiger partial charge is 0.354 e. The molecule has 0 radical (unpaired) electrons. The number of hydrogen-bond donors (Lipinski definition) is 0. The lowest BCUT2D eigenvalue weighted by Gasteiger charge is -2.13. The van der Waals surface area contributed by atoms with Crippen LogP contribution in [0.15, 0.2) is 51.9 Å².